The van der Waals surface area contributed by atoms with Gasteiger partial charge in [0, 0.05) is 20.6 Å². The molecule has 0 fully saturated rings. The molecule has 0 unspecified atom stereocenters. The number of hydrogen-bond acceptors (Lipinski definition) is 3. The molecule has 0 atom stereocenters. The molecule has 0 saturated carbocycles. The molecule has 0 aliphatic heterocycles. The molecule has 2 N–H and O–H groups in total. The van der Waals surface area contributed by atoms with Gasteiger partial charge >= 0.3 is 0 Å². The Hall–Kier alpha value is -2.45. The fraction of sp³-hybridized carbons (Fsp3) is 0. The van der Waals surface area contributed by atoms with Crippen molar-refractivity contribution < 1.29 is 8.42 Å². The van der Waals surface area contributed by atoms with Crippen LogP contribution in [0, 0.1) is 0 Å². The molecular weight excluding hydrogens is 474 g/mol. The zero-order valence-corrected chi connectivity index (χ0v) is 18.1. The first-order valence-corrected chi connectivity index (χ1v) is 11.3. The first-order chi connectivity index (χ1) is 13.8. The van der Waals surface area contributed by atoms with Gasteiger partial charge in [0.05, 0.1) is 17.1 Å². The molecule has 5 nitrogen and oxygen atoms in total. The molecule has 146 valence electrons. The fourth-order valence-corrected chi connectivity index (χ4v) is 4.39. The predicted molar refractivity (Wildman–Crippen MR) is 119 cm³/mol. The van der Waals surface area contributed by atoms with Crippen LogP contribution in [0.4, 0.5) is 0 Å². The van der Waals surface area contributed by atoms with Crippen molar-refractivity contribution in [2.24, 2.45) is 5.14 Å². The van der Waals surface area contributed by atoms with E-state index < -0.39 is 10.0 Å². The Bertz CT molecular complexity index is 1300. The first kappa shape index (κ1) is 19.8. The SMILES string of the molecule is NS(=O)(=O)c1ccccc1-n1nc(-c2ccc(Cl)cc2)cc1-c1ccccc1Br. The molecule has 0 amide bonds. The normalized spacial score (nSPS) is 11.6. The van der Waals surface area contributed by atoms with E-state index in [0.29, 0.717) is 16.4 Å². The van der Waals surface area contributed by atoms with Crippen LogP contribution in [0.1, 0.15) is 0 Å². The van der Waals surface area contributed by atoms with Gasteiger partial charge in [-0.15, -0.1) is 0 Å². The average molecular weight is 489 g/mol. The monoisotopic (exact) mass is 487 g/mol. The van der Waals surface area contributed by atoms with Crippen molar-refractivity contribution in [1.29, 1.82) is 0 Å². The van der Waals surface area contributed by atoms with Gasteiger partial charge in [-0.2, -0.15) is 5.10 Å². The summed E-state index contributed by atoms with van der Waals surface area (Å²) in [4.78, 5) is -0.000871. The summed E-state index contributed by atoms with van der Waals surface area (Å²) in [5.41, 5.74) is 3.50. The van der Waals surface area contributed by atoms with E-state index in [0.717, 1.165) is 21.3 Å². The lowest BCUT2D eigenvalue weighted by Gasteiger charge is -2.12. The zero-order valence-electron chi connectivity index (χ0n) is 15.0. The molecule has 0 spiro atoms. The van der Waals surface area contributed by atoms with E-state index in [1.807, 2.05) is 42.5 Å². The maximum Gasteiger partial charge on any atom is 0.240 e. The van der Waals surface area contributed by atoms with Crippen LogP contribution in [-0.2, 0) is 10.0 Å². The van der Waals surface area contributed by atoms with Crippen LogP contribution >= 0.6 is 27.5 Å². The van der Waals surface area contributed by atoms with Crippen molar-refractivity contribution >= 4 is 37.6 Å². The highest BCUT2D eigenvalue weighted by molar-refractivity contribution is 9.10. The summed E-state index contributed by atoms with van der Waals surface area (Å²) in [6.45, 7) is 0. The van der Waals surface area contributed by atoms with E-state index in [-0.39, 0.29) is 4.90 Å². The van der Waals surface area contributed by atoms with Crippen LogP contribution in [0.15, 0.2) is 88.2 Å². The summed E-state index contributed by atoms with van der Waals surface area (Å²) in [7, 11) is -3.94. The topological polar surface area (TPSA) is 78.0 Å². The molecule has 3 aromatic carbocycles. The zero-order chi connectivity index (χ0) is 20.6. The Morgan fingerprint density at radius 2 is 1.59 bits per heavy atom. The summed E-state index contributed by atoms with van der Waals surface area (Å²) in [6, 6.07) is 23.4. The third kappa shape index (κ3) is 4.00. The molecule has 0 bridgehead atoms. The third-order valence-electron chi connectivity index (χ3n) is 4.40. The van der Waals surface area contributed by atoms with Crippen molar-refractivity contribution in [3.8, 4) is 28.2 Å². The molecule has 4 rings (SSSR count). The molecule has 1 heterocycles. The van der Waals surface area contributed by atoms with Crippen molar-refractivity contribution in [3.63, 3.8) is 0 Å². The Morgan fingerprint density at radius 3 is 2.28 bits per heavy atom. The van der Waals surface area contributed by atoms with E-state index in [1.165, 1.54) is 6.07 Å². The molecule has 0 saturated heterocycles. The second-order valence-corrected chi connectivity index (χ2v) is 9.15. The lowest BCUT2D eigenvalue weighted by Crippen LogP contribution is -2.16. The molecule has 0 aliphatic carbocycles. The number of rotatable bonds is 4. The average Bonchev–Trinajstić information content (AvgIpc) is 3.13. The molecular formula is C21H15BrClN3O2S. The highest BCUT2D eigenvalue weighted by atomic mass is 79.9. The van der Waals surface area contributed by atoms with E-state index in [2.05, 4.69) is 15.9 Å². The Morgan fingerprint density at radius 1 is 0.931 bits per heavy atom. The molecule has 0 aliphatic rings. The summed E-state index contributed by atoms with van der Waals surface area (Å²) < 4.78 is 26.8. The van der Waals surface area contributed by atoms with Crippen LogP contribution < -0.4 is 5.14 Å². The molecule has 1 aromatic heterocycles. The van der Waals surface area contributed by atoms with Crippen molar-refractivity contribution in [3.05, 3.63) is 88.4 Å². The molecule has 8 heteroatoms. The summed E-state index contributed by atoms with van der Waals surface area (Å²) in [5, 5.41) is 10.8. The quantitative estimate of drug-likeness (QED) is 0.425. The van der Waals surface area contributed by atoms with Crippen LogP contribution in [0.3, 0.4) is 0 Å². The highest BCUT2D eigenvalue weighted by Gasteiger charge is 2.20. The fourth-order valence-electron chi connectivity index (χ4n) is 3.06. The number of para-hydroxylation sites is 1. The maximum atomic E-state index is 12.2. The Balaban J connectivity index is 2.01. The van der Waals surface area contributed by atoms with Crippen LogP contribution in [-0.4, -0.2) is 18.2 Å². The van der Waals surface area contributed by atoms with Gasteiger partial charge in [-0.25, -0.2) is 18.2 Å². The summed E-state index contributed by atoms with van der Waals surface area (Å²) in [5.74, 6) is 0. The number of primary sulfonamides is 1. The van der Waals surface area contributed by atoms with Crippen LogP contribution in [0.25, 0.3) is 28.2 Å². The van der Waals surface area contributed by atoms with E-state index >= 15 is 0 Å². The second kappa shape index (κ2) is 7.76. The van der Waals surface area contributed by atoms with Crippen LogP contribution in [0.2, 0.25) is 5.02 Å². The van der Waals surface area contributed by atoms with E-state index in [4.69, 9.17) is 21.8 Å². The maximum absolute atomic E-state index is 12.2. The van der Waals surface area contributed by atoms with E-state index in [1.54, 1.807) is 35.0 Å². The van der Waals surface area contributed by atoms with Gasteiger partial charge in [-0.3, -0.25) is 0 Å². The Kier molecular flexibility index (Phi) is 5.31. The van der Waals surface area contributed by atoms with Gasteiger partial charge in [0.1, 0.15) is 4.90 Å². The van der Waals surface area contributed by atoms with Crippen molar-refractivity contribution in [2.45, 2.75) is 4.90 Å². The van der Waals surface area contributed by atoms with Gasteiger partial charge in [0.2, 0.25) is 10.0 Å². The van der Waals surface area contributed by atoms with Gasteiger partial charge in [0.15, 0.2) is 0 Å². The minimum absolute atomic E-state index is 0.000871. The predicted octanol–water partition coefficient (Wildman–Crippen LogP) is 5.27. The highest BCUT2D eigenvalue weighted by Crippen LogP contribution is 2.34. The lowest BCUT2D eigenvalue weighted by atomic mass is 10.1. The summed E-state index contributed by atoms with van der Waals surface area (Å²) in [6.07, 6.45) is 0. The lowest BCUT2D eigenvalue weighted by molar-refractivity contribution is 0.596. The smallest absolute Gasteiger partial charge is 0.231 e. The second-order valence-electron chi connectivity index (χ2n) is 6.33. The van der Waals surface area contributed by atoms with Gasteiger partial charge < -0.3 is 0 Å². The number of sulfonamides is 1. The number of halogens is 2. The first-order valence-electron chi connectivity index (χ1n) is 8.58. The minimum Gasteiger partial charge on any atom is -0.231 e. The van der Waals surface area contributed by atoms with Crippen molar-refractivity contribution in [2.75, 3.05) is 0 Å². The van der Waals surface area contributed by atoms with Gasteiger partial charge in [-0.1, -0.05) is 70.0 Å². The number of hydrogen-bond donors (Lipinski definition) is 1. The Labute approximate surface area is 181 Å². The largest absolute Gasteiger partial charge is 0.240 e. The standard InChI is InChI=1S/C21H15BrClN3O2S/c22-17-6-2-1-5-16(17)20-13-18(14-9-11-15(23)12-10-14)25-26(20)19-7-3-4-8-21(19)29(24,27)28/h1-13H,(H2,24,27,28). The number of nitrogens with two attached hydrogens (primary N) is 1. The van der Waals surface area contributed by atoms with Crippen LogP contribution in [0.5, 0.6) is 0 Å². The number of benzene rings is 3. The third-order valence-corrected chi connectivity index (χ3v) is 6.30. The molecule has 0 radical (unpaired) electrons. The number of nitrogens with zero attached hydrogens (tertiary/aromatic N) is 2. The van der Waals surface area contributed by atoms with Crippen molar-refractivity contribution in [1.82, 2.24) is 9.78 Å². The van der Waals surface area contributed by atoms with Gasteiger partial charge in [-0.05, 0) is 36.4 Å². The molecule has 4 aromatic rings. The van der Waals surface area contributed by atoms with Gasteiger partial charge in [0.25, 0.3) is 0 Å². The minimum atomic E-state index is -3.94. The number of aromatic nitrogens is 2. The van der Waals surface area contributed by atoms with E-state index in [9.17, 15) is 8.42 Å². The molecule has 29 heavy (non-hydrogen) atoms. The summed E-state index contributed by atoms with van der Waals surface area (Å²) >= 11 is 9.58.